The minimum absolute atomic E-state index is 0.0852. The number of anilines is 1. The molecule has 0 radical (unpaired) electrons. The first-order valence-electron chi connectivity index (χ1n) is 13.0. The van der Waals surface area contributed by atoms with Gasteiger partial charge in [-0.3, -0.25) is 10.1 Å². The maximum Gasteiger partial charge on any atom is 0.413 e. The summed E-state index contributed by atoms with van der Waals surface area (Å²) in [6.45, 7) is 8.69. The fourth-order valence-electron chi connectivity index (χ4n) is 5.59. The monoisotopic (exact) mass is 520 g/mol. The molecule has 0 saturated carbocycles. The fraction of sp³-hybridized carbons (Fsp3) is 0.593. The van der Waals surface area contributed by atoms with E-state index in [2.05, 4.69) is 46.8 Å². The molecule has 7 nitrogen and oxygen atoms in total. The molecular weight excluding hydrogens is 481 g/mol. The fourth-order valence-corrected chi connectivity index (χ4v) is 5.59. The number of rotatable bonds is 7. The number of piperidine rings is 1. The van der Waals surface area contributed by atoms with Crippen molar-refractivity contribution < 1.29 is 18.0 Å². The van der Waals surface area contributed by atoms with Crippen molar-refractivity contribution in [2.75, 3.05) is 45.6 Å². The van der Waals surface area contributed by atoms with Crippen molar-refractivity contribution in [2.45, 2.75) is 56.5 Å². The topological polar surface area (TPSA) is 71.7 Å². The smallest absolute Gasteiger partial charge is 0.382 e. The highest BCUT2D eigenvalue weighted by atomic mass is 19.4. The van der Waals surface area contributed by atoms with Crippen LogP contribution in [0.15, 0.2) is 42.5 Å². The van der Waals surface area contributed by atoms with Gasteiger partial charge >= 0.3 is 6.18 Å². The molecule has 204 valence electrons. The number of fused-ring (bicyclic) bond motifs is 1. The van der Waals surface area contributed by atoms with E-state index in [4.69, 9.17) is 0 Å². The van der Waals surface area contributed by atoms with Gasteiger partial charge in [-0.15, -0.1) is 0 Å². The van der Waals surface area contributed by atoms with Gasteiger partial charge in [0.2, 0.25) is 5.91 Å². The quantitative estimate of drug-likeness (QED) is 0.415. The van der Waals surface area contributed by atoms with Gasteiger partial charge in [-0.2, -0.15) is 13.2 Å². The van der Waals surface area contributed by atoms with Crippen molar-refractivity contribution in [1.29, 1.82) is 0 Å². The molecule has 3 heterocycles. The molecule has 1 aromatic carbocycles. The third-order valence-electron chi connectivity index (χ3n) is 7.70. The van der Waals surface area contributed by atoms with Gasteiger partial charge in [0.1, 0.15) is 6.04 Å². The standard InChI is InChI=1S/C27H39F3N6O/c1-17-16-35(3)13-10-22(17)33-23-9-5-8-20-21(23)15-19(32-25(20)18(2)27(28,29)30)7-6-12-31-26(37)24-11-14-36(4)34-24/h5-9,17,19,22,24-25,32-34H,2,10-16H2,1,3-4H3,(H,31,37)/b7-6+/t17-,19?,22-,24?,25?/m0/s1. The Morgan fingerprint density at radius 2 is 2.03 bits per heavy atom. The maximum atomic E-state index is 13.8. The number of amides is 1. The Labute approximate surface area is 217 Å². The van der Waals surface area contributed by atoms with Gasteiger partial charge in [0.15, 0.2) is 0 Å². The van der Waals surface area contributed by atoms with Crippen molar-refractivity contribution >= 4 is 11.6 Å². The average molecular weight is 521 g/mol. The molecule has 2 fully saturated rings. The van der Waals surface area contributed by atoms with Crippen LogP contribution in [0, 0.1) is 5.92 Å². The zero-order chi connectivity index (χ0) is 26.7. The van der Waals surface area contributed by atoms with Crippen LogP contribution in [0.2, 0.25) is 0 Å². The van der Waals surface area contributed by atoms with Crippen molar-refractivity contribution in [3.8, 4) is 0 Å². The van der Waals surface area contributed by atoms with E-state index >= 15 is 0 Å². The number of nitrogens with one attached hydrogen (secondary N) is 4. The molecule has 1 aromatic rings. The minimum atomic E-state index is -4.51. The molecular formula is C27H39F3N6O. The molecule has 10 heteroatoms. The Hall–Kier alpha value is -2.40. The van der Waals surface area contributed by atoms with Gasteiger partial charge in [0, 0.05) is 50.0 Å². The first-order valence-corrected chi connectivity index (χ1v) is 13.0. The van der Waals surface area contributed by atoms with E-state index in [0.717, 1.165) is 43.7 Å². The van der Waals surface area contributed by atoms with Crippen LogP contribution < -0.4 is 21.4 Å². The van der Waals surface area contributed by atoms with E-state index in [0.29, 0.717) is 24.4 Å². The number of nitrogens with zero attached hydrogens (tertiary/aromatic N) is 2. The lowest BCUT2D eigenvalue weighted by Gasteiger charge is -2.38. The number of carbonyl (C=O) groups is 1. The summed E-state index contributed by atoms with van der Waals surface area (Å²) in [5.41, 5.74) is 4.68. The molecule has 2 saturated heterocycles. The number of alkyl halides is 3. The summed E-state index contributed by atoms with van der Waals surface area (Å²) in [5.74, 6) is 0.337. The van der Waals surface area contributed by atoms with E-state index in [-0.39, 0.29) is 24.0 Å². The number of carbonyl (C=O) groups excluding carboxylic acids is 1. The molecule has 1 amide bonds. The lowest BCUT2D eigenvalue weighted by atomic mass is 9.85. The molecule has 0 aromatic heterocycles. The zero-order valence-electron chi connectivity index (χ0n) is 21.9. The second kappa shape index (κ2) is 11.6. The van der Waals surface area contributed by atoms with E-state index in [1.807, 2.05) is 36.3 Å². The third kappa shape index (κ3) is 6.73. The summed E-state index contributed by atoms with van der Waals surface area (Å²) < 4.78 is 41.3. The summed E-state index contributed by atoms with van der Waals surface area (Å²) in [7, 11) is 4.00. The number of halogens is 3. The van der Waals surface area contributed by atoms with Crippen LogP contribution in [-0.2, 0) is 11.2 Å². The van der Waals surface area contributed by atoms with Gasteiger partial charge in [0.25, 0.3) is 0 Å². The van der Waals surface area contributed by atoms with Crippen LogP contribution in [0.5, 0.6) is 0 Å². The average Bonchev–Trinajstić information content (AvgIpc) is 3.28. The largest absolute Gasteiger partial charge is 0.413 e. The molecule has 5 atom stereocenters. The van der Waals surface area contributed by atoms with Crippen molar-refractivity contribution in [1.82, 2.24) is 26.0 Å². The van der Waals surface area contributed by atoms with E-state index < -0.39 is 17.8 Å². The molecule has 4 N–H and O–H groups in total. The highest BCUT2D eigenvalue weighted by Gasteiger charge is 2.41. The highest BCUT2D eigenvalue weighted by Crippen LogP contribution is 2.41. The lowest BCUT2D eigenvalue weighted by Crippen LogP contribution is -2.45. The Kier molecular flexibility index (Phi) is 8.63. The van der Waals surface area contributed by atoms with Crippen LogP contribution >= 0.6 is 0 Å². The lowest BCUT2D eigenvalue weighted by molar-refractivity contribution is -0.123. The van der Waals surface area contributed by atoms with Crippen LogP contribution in [-0.4, -0.2) is 80.4 Å². The normalized spacial score (nSPS) is 29.3. The maximum absolute atomic E-state index is 13.8. The summed E-state index contributed by atoms with van der Waals surface area (Å²) in [4.78, 5) is 14.6. The molecule has 37 heavy (non-hydrogen) atoms. The summed E-state index contributed by atoms with van der Waals surface area (Å²) in [6.07, 6.45) is 1.40. The molecule has 3 aliphatic heterocycles. The SMILES string of the molecule is C=C(C1NC(/C=C/CNC(=O)C2CCN(C)N2)Cc2c(N[C@H]3CCN(C)C[C@@H]3C)cccc21)C(F)(F)F. The highest BCUT2D eigenvalue weighted by molar-refractivity contribution is 5.82. The number of hydrogen-bond acceptors (Lipinski definition) is 6. The number of hydrogen-bond donors (Lipinski definition) is 4. The predicted octanol–water partition coefficient (Wildman–Crippen LogP) is 2.99. The van der Waals surface area contributed by atoms with Gasteiger partial charge in [0.05, 0.1) is 6.04 Å². The number of benzene rings is 1. The van der Waals surface area contributed by atoms with Gasteiger partial charge in [-0.25, -0.2) is 10.4 Å². The minimum Gasteiger partial charge on any atom is -0.382 e. The second-order valence-electron chi connectivity index (χ2n) is 10.7. The molecule has 0 aliphatic carbocycles. The Bertz CT molecular complexity index is 1010. The Balaban J connectivity index is 1.50. The number of likely N-dealkylation sites (tertiary alicyclic amines) is 1. The van der Waals surface area contributed by atoms with Crippen molar-refractivity contribution in [2.24, 2.45) is 5.92 Å². The molecule has 3 unspecified atom stereocenters. The van der Waals surface area contributed by atoms with E-state index in [1.165, 1.54) is 0 Å². The summed E-state index contributed by atoms with van der Waals surface area (Å²) in [5, 5.41) is 11.6. The van der Waals surface area contributed by atoms with Crippen molar-refractivity contribution in [3.05, 3.63) is 53.6 Å². The van der Waals surface area contributed by atoms with E-state index in [1.54, 1.807) is 6.07 Å². The molecule has 0 bridgehead atoms. The van der Waals surface area contributed by atoms with Gasteiger partial charge < -0.3 is 15.5 Å². The van der Waals surface area contributed by atoms with Gasteiger partial charge in [-0.05, 0) is 56.0 Å². The third-order valence-corrected chi connectivity index (χ3v) is 7.70. The van der Waals surface area contributed by atoms with Crippen LogP contribution in [0.1, 0.15) is 36.9 Å². The van der Waals surface area contributed by atoms with Crippen LogP contribution in [0.3, 0.4) is 0 Å². The summed E-state index contributed by atoms with van der Waals surface area (Å²) >= 11 is 0. The van der Waals surface area contributed by atoms with E-state index in [9.17, 15) is 18.0 Å². The molecule has 4 rings (SSSR count). The molecule has 3 aliphatic rings. The first-order chi connectivity index (χ1) is 17.5. The van der Waals surface area contributed by atoms with Crippen LogP contribution in [0.25, 0.3) is 0 Å². The van der Waals surface area contributed by atoms with Crippen molar-refractivity contribution in [3.63, 3.8) is 0 Å². The molecule has 0 spiro atoms. The summed E-state index contributed by atoms with van der Waals surface area (Å²) in [6, 6.07) is 4.18. The van der Waals surface area contributed by atoms with Crippen LogP contribution in [0.4, 0.5) is 18.9 Å². The second-order valence-corrected chi connectivity index (χ2v) is 10.7. The predicted molar refractivity (Wildman–Crippen MR) is 140 cm³/mol. The first kappa shape index (κ1) is 27.6. The zero-order valence-corrected chi connectivity index (χ0v) is 21.9. The van der Waals surface area contributed by atoms with Gasteiger partial charge in [-0.1, -0.05) is 37.8 Å². The Morgan fingerprint density at radius 1 is 1.24 bits per heavy atom. The Morgan fingerprint density at radius 3 is 2.70 bits per heavy atom. The number of hydrazine groups is 1.